The van der Waals surface area contributed by atoms with Crippen molar-refractivity contribution >= 4 is 27.4 Å². The number of hydrogen-bond donors (Lipinski definition) is 2. The second-order valence-electron chi connectivity index (χ2n) is 4.54. The number of aromatic nitrogens is 1. The molecule has 0 spiro atoms. The molecule has 1 aromatic heterocycles. The average Bonchev–Trinajstić information content (AvgIpc) is 2.43. The molecule has 0 unspecified atom stereocenters. The van der Waals surface area contributed by atoms with Gasteiger partial charge in [-0.3, -0.25) is 4.72 Å². The molecular formula is C14H16ClN3O2S. The summed E-state index contributed by atoms with van der Waals surface area (Å²) in [6.45, 7) is 2.30. The molecule has 1 aromatic carbocycles. The van der Waals surface area contributed by atoms with Crippen molar-refractivity contribution in [2.24, 2.45) is 0 Å². The Morgan fingerprint density at radius 3 is 2.67 bits per heavy atom. The average molecular weight is 326 g/mol. The molecule has 0 fully saturated rings. The second-order valence-corrected chi connectivity index (χ2v) is 6.63. The van der Waals surface area contributed by atoms with E-state index in [0.29, 0.717) is 17.1 Å². The lowest BCUT2D eigenvalue weighted by molar-refractivity contribution is 0.600. The molecule has 2 rings (SSSR count). The van der Waals surface area contributed by atoms with Crippen LogP contribution in [-0.4, -0.2) is 20.4 Å². The molecule has 0 atom stereocenters. The Morgan fingerprint density at radius 2 is 2.05 bits per heavy atom. The van der Waals surface area contributed by atoms with Gasteiger partial charge in [0.15, 0.2) is 0 Å². The van der Waals surface area contributed by atoms with Crippen molar-refractivity contribution in [3.63, 3.8) is 0 Å². The van der Waals surface area contributed by atoms with E-state index in [2.05, 4.69) is 15.0 Å². The van der Waals surface area contributed by atoms with Crippen molar-refractivity contribution in [3.8, 4) is 0 Å². The lowest BCUT2D eigenvalue weighted by Gasteiger charge is -2.13. The molecule has 0 aliphatic heterocycles. The van der Waals surface area contributed by atoms with E-state index < -0.39 is 10.0 Å². The molecule has 0 aliphatic carbocycles. The van der Waals surface area contributed by atoms with Crippen LogP contribution in [0.4, 0.5) is 5.82 Å². The molecule has 112 valence electrons. The molecular weight excluding hydrogens is 310 g/mol. The third-order valence-corrected chi connectivity index (χ3v) is 4.69. The summed E-state index contributed by atoms with van der Waals surface area (Å²) in [4.78, 5) is 4.12. The van der Waals surface area contributed by atoms with Gasteiger partial charge >= 0.3 is 0 Å². The first-order chi connectivity index (χ1) is 9.94. The van der Waals surface area contributed by atoms with Gasteiger partial charge in [0.25, 0.3) is 10.0 Å². The first-order valence-corrected chi connectivity index (χ1v) is 8.17. The molecule has 0 saturated carbocycles. The predicted octanol–water partition coefficient (Wildman–Crippen LogP) is 2.56. The van der Waals surface area contributed by atoms with Crippen LogP contribution >= 0.6 is 11.6 Å². The van der Waals surface area contributed by atoms with E-state index >= 15 is 0 Å². The highest BCUT2D eigenvalue weighted by molar-refractivity contribution is 7.92. The lowest BCUT2D eigenvalue weighted by Crippen LogP contribution is -2.17. The Bertz CT molecular complexity index is 733. The summed E-state index contributed by atoms with van der Waals surface area (Å²) in [6.07, 6.45) is 1.52. The number of rotatable bonds is 5. The molecule has 0 radical (unpaired) electrons. The number of halogens is 1. The van der Waals surface area contributed by atoms with Gasteiger partial charge in [0, 0.05) is 17.8 Å². The number of anilines is 1. The fourth-order valence-electron chi connectivity index (χ4n) is 1.98. The quantitative estimate of drug-likeness (QED) is 0.886. The van der Waals surface area contributed by atoms with Gasteiger partial charge in [0.1, 0.15) is 5.82 Å². The zero-order valence-corrected chi connectivity index (χ0v) is 13.3. The Balaban J connectivity index is 2.45. The standard InChI is InChI=1S/C14H16ClN3O2S/c1-10-11(9-16-2)7-12(15)8-13(10)21(19,20)18-14-5-3-4-6-17-14/h3-8,16H,9H2,1-2H3,(H,17,18). The van der Waals surface area contributed by atoms with E-state index in [0.717, 1.165) is 5.56 Å². The van der Waals surface area contributed by atoms with Gasteiger partial charge < -0.3 is 5.32 Å². The first kappa shape index (κ1) is 15.8. The van der Waals surface area contributed by atoms with E-state index in [1.54, 1.807) is 38.2 Å². The van der Waals surface area contributed by atoms with Crippen LogP contribution in [0.15, 0.2) is 41.4 Å². The van der Waals surface area contributed by atoms with Crippen LogP contribution in [0.2, 0.25) is 5.02 Å². The van der Waals surface area contributed by atoms with E-state index in [4.69, 9.17) is 11.6 Å². The fraction of sp³-hybridized carbons (Fsp3) is 0.214. The lowest BCUT2D eigenvalue weighted by atomic mass is 10.1. The van der Waals surface area contributed by atoms with Crippen LogP contribution in [0.5, 0.6) is 0 Å². The molecule has 21 heavy (non-hydrogen) atoms. The monoisotopic (exact) mass is 325 g/mol. The number of hydrogen-bond acceptors (Lipinski definition) is 4. The Hall–Kier alpha value is -1.63. The van der Waals surface area contributed by atoms with Crippen LogP contribution in [0.25, 0.3) is 0 Å². The Kier molecular flexibility index (Phi) is 4.82. The summed E-state index contributed by atoms with van der Waals surface area (Å²) in [6, 6.07) is 8.22. The number of nitrogens with zero attached hydrogens (tertiary/aromatic N) is 1. The van der Waals surface area contributed by atoms with Crippen molar-refractivity contribution in [2.45, 2.75) is 18.4 Å². The molecule has 7 heteroatoms. The maximum Gasteiger partial charge on any atom is 0.263 e. The summed E-state index contributed by atoms with van der Waals surface area (Å²) in [5.41, 5.74) is 1.50. The summed E-state index contributed by atoms with van der Waals surface area (Å²) in [5, 5.41) is 3.38. The van der Waals surface area contributed by atoms with Crippen molar-refractivity contribution in [2.75, 3.05) is 11.8 Å². The molecule has 5 nitrogen and oxygen atoms in total. The third kappa shape index (κ3) is 3.72. The number of sulfonamides is 1. The van der Waals surface area contributed by atoms with E-state index in [1.165, 1.54) is 12.3 Å². The SMILES string of the molecule is CNCc1cc(Cl)cc(S(=O)(=O)Nc2ccccn2)c1C. The number of benzene rings is 1. The molecule has 2 N–H and O–H groups in total. The van der Waals surface area contributed by atoms with Gasteiger partial charge in [-0.1, -0.05) is 17.7 Å². The minimum absolute atomic E-state index is 0.158. The van der Waals surface area contributed by atoms with Crippen LogP contribution in [0.1, 0.15) is 11.1 Å². The van der Waals surface area contributed by atoms with Gasteiger partial charge in [0.2, 0.25) is 0 Å². The van der Waals surface area contributed by atoms with Gasteiger partial charge in [-0.05, 0) is 49.4 Å². The summed E-state index contributed by atoms with van der Waals surface area (Å²) < 4.78 is 27.5. The van der Waals surface area contributed by atoms with Crippen molar-refractivity contribution in [3.05, 3.63) is 52.7 Å². The second kappa shape index (κ2) is 6.43. The van der Waals surface area contributed by atoms with Gasteiger partial charge in [-0.25, -0.2) is 13.4 Å². The molecule has 0 aliphatic rings. The summed E-state index contributed by atoms with van der Waals surface area (Å²) >= 11 is 6.03. The van der Waals surface area contributed by atoms with Crippen LogP contribution in [0.3, 0.4) is 0 Å². The predicted molar refractivity (Wildman–Crippen MR) is 84.0 cm³/mol. The maximum absolute atomic E-state index is 12.5. The molecule has 0 bridgehead atoms. The molecule has 1 heterocycles. The van der Waals surface area contributed by atoms with Crippen LogP contribution < -0.4 is 10.0 Å². The molecule has 0 amide bonds. The molecule has 0 saturated heterocycles. The smallest absolute Gasteiger partial charge is 0.263 e. The zero-order valence-electron chi connectivity index (χ0n) is 11.7. The van der Waals surface area contributed by atoms with Gasteiger partial charge in [0.05, 0.1) is 4.90 Å². The highest BCUT2D eigenvalue weighted by Gasteiger charge is 2.20. The summed E-state index contributed by atoms with van der Waals surface area (Å²) in [7, 11) is -1.94. The third-order valence-electron chi connectivity index (χ3n) is 2.99. The van der Waals surface area contributed by atoms with Crippen molar-refractivity contribution < 1.29 is 8.42 Å². The maximum atomic E-state index is 12.5. The summed E-state index contributed by atoms with van der Waals surface area (Å²) in [5.74, 6) is 0.270. The highest BCUT2D eigenvalue weighted by Crippen LogP contribution is 2.25. The fourth-order valence-corrected chi connectivity index (χ4v) is 3.60. The van der Waals surface area contributed by atoms with E-state index in [1.807, 2.05) is 0 Å². The zero-order chi connectivity index (χ0) is 15.5. The van der Waals surface area contributed by atoms with E-state index in [-0.39, 0.29) is 10.7 Å². The van der Waals surface area contributed by atoms with Crippen molar-refractivity contribution in [1.82, 2.24) is 10.3 Å². The van der Waals surface area contributed by atoms with Crippen molar-refractivity contribution in [1.29, 1.82) is 0 Å². The minimum atomic E-state index is -3.73. The van der Waals surface area contributed by atoms with Gasteiger partial charge in [-0.15, -0.1) is 0 Å². The number of pyridine rings is 1. The largest absolute Gasteiger partial charge is 0.316 e. The first-order valence-electron chi connectivity index (χ1n) is 6.31. The Morgan fingerprint density at radius 1 is 1.29 bits per heavy atom. The topological polar surface area (TPSA) is 71.1 Å². The minimum Gasteiger partial charge on any atom is -0.316 e. The van der Waals surface area contributed by atoms with Gasteiger partial charge in [-0.2, -0.15) is 0 Å². The van der Waals surface area contributed by atoms with E-state index in [9.17, 15) is 8.42 Å². The van der Waals surface area contributed by atoms with Crippen LogP contribution in [-0.2, 0) is 16.6 Å². The van der Waals surface area contributed by atoms with Crippen LogP contribution in [0, 0.1) is 6.92 Å². The molecule has 2 aromatic rings. The normalized spacial score (nSPS) is 11.4. The number of nitrogens with one attached hydrogen (secondary N) is 2. The Labute approximate surface area is 129 Å². The highest BCUT2D eigenvalue weighted by atomic mass is 35.5.